The average molecular weight is 441 g/mol. The molecule has 2 aromatic rings. The molecule has 1 saturated heterocycles. The number of para-hydroxylation sites is 1. The van der Waals surface area contributed by atoms with E-state index in [1.54, 1.807) is 11.7 Å². The second-order valence-electron chi connectivity index (χ2n) is 8.46. The quantitative estimate of drug-likeness (QED) is 0.699. The fourth-order valence-electron chi connectivity index (χ4n) is 4.58. The number of fused-ring (bicyclic) bond motifs is 1. The summed E-state index contributed by atoms with van der Waals surface area (Å²) in [4.78, 5) is 32.8. The predicted molar refractivity (Wildman–Crippen MR) is 123 cm³/mol. The van der Waals surface area contributed by atoms with Gasteiger partial charge in [-0.25, -0.2) is 0 Å². The highest BCUT2D eigenvalue weighted by Crippen LogP contribution is 2.26. The predicted octanol–water partition coefficient (Wildman–Crippen LogP) is 1.31. The van der Waals surface area contributed by atoms with E-state index in [4.69, 9.17) is 9.47 Å². The van der Waals surface area contributed by atoms with Gasteiger partial charge in [-0.15, -0.1) is 0 Å². The average Bonchev–Trinajstić information content (AvgIpc) is 3.02. The molecule has 8 nitrogen and oxygen atoms in total. The maximum absolute atomic E-state index is 13.5. The highest BCUT2D eigenvalue weighted by Gasteiger charge is 2.29. The van der Waals surface area contributed by atoms with E-state index in [-0.39, 0.29) is 11.5 Å². The molecular formula is C24H32N4O4. The topological polar surface area (TPSA) is 67.2 Å². The molecule has 2 aliphatic heterocycles. The third-order valence-corrected chi connectivity index (χ3v) is 6.50. The molecule has 4 rings (SSSR count). The van der Waals surface area contributed by atoms with Crippen molar-refractivity contribution in [1.82, 2.24) is 19.3 Å². The zero-order valence-electron chi connectivity index (χ0n) is 19.2. The summed E-state index contributed by atoms with van der Waals surface area (Å²) in [6.45, 7) is 5.77. The van der Waals surface area contributed by atoms with Crippen LogP contribution in [0.1, 0.15) is 21.6 Å². The van der Waals surface area contributed by atoms with Crippen LogP contribution in [0.15, 0.2) is 35.1 Å². The minimum Gasteiger partial charge on any atom is -0.496 e. The standard InChI is InChI=1S/C24H32N4O4/c1-25-10-13-27(14-11-25)24(30)23-19-8-9-26(17-18-6-4-5-7-20(18)31-2)12-15-28(19)22(29)16-21(23)32-3/h4-7,16H,8-15,17H2,1-3H3. The second-order valence-corrected chi connectivity index (χ2v) is 8.46. The van der Waals surface area contributed by atoms with Gasteiger partial charge >= 0.3 is 0 Å². The number of carbonyl (C=O) groups excluding carboxylic acids is 1. The molecule has 1 aromatic heterocycles. The fourth-order valence-corrected chi connectivity index (χ4v) is 4.58. The number of hydrogen-bond donors (Lipinski definition) is 0. The SMILES string of the molecule is COc1ccccc1CN1CCc2c(C(=O)N3CCN(C)CC3)c(OC)cc(=O)n2CC1. The van der Waals surface area contributed by atoms with Crippen LogP contribution in [0.25, 0.3) is 0 Å². The van der Waals surface area contributed by atoms with Crippen molar-refractivity contribution in [3.8, 4) is 11.5 Å². The van der Waals surface area contributed by atoms with Crippen LogP contribution in [0.5, 0.6) is 11.5 Å². The van der Waals surface area contributed by atoms with Crippen LogP contribution in [0.2, 0.25) is 0 Å². The summed E-state index contributed by atoms with van der Waals surface area (Å²) in [7, 11) is 5.27. The van der Waals surface area contributed by atoms with E-state index in [1.165, 1.54) is 13.2 Å². The Kier molecular flexibility index (Phi) is 6.81. The Morgan fingerprint density at radius 1 is 0.938 bits per heavy atom. The smallest absolute Gasteiger partial charge is 0.259 e. The number of methoxy groups -OCH3 is 2. The van der Waals surface area contributed by atoms with Crippen molar-refractivity contribution in [3.05, 3.63) is 57.5 Å². The molecule has 32 heavy (non-hydrogen) atoms. The van der Waals surface area contributed by atoms with E-state index >= 15 is 0 Å². The molecule has 0 aliphatic carbocycles. The monoisotopic (exact) mass is 440 g/mol. The third-order valence-electron chi connectivity index (χ3n) is 6.50. The van der Waals surface area contributed by atoms with E-state index < -0.39 is 0 Å². The summed E-state index contributed by atoms with van der Waals surface area (Å²) >= 11 is 0. The molecule has 0 unspecified atom stereocenters. The molecule has 0 saturated carbocycles. The van der Waals surface area contributed by atoms with Crippen molar-refractivity contribution in [2.24, 2.45) is 0 Å². The van der Waals surface area contributed by atoms with Crippen LogP contribution in [0.4, 0.5) is 0 Å². The number of hydrogen-bond acceptors (Lipinski definition) is 6. The Morgan fingerprint density at radius 2 is 1.66 bits per heavy atom. The number of benzene rings is 1. The van der Waals surface area contributed by atoms with Crippen molar-refractivity contribution in [3.63, 3.8) is 0 Å². The van der Waals surface area contributed by atoms with E-state index in [2.05, 4.69) is 22.9 Å². The van der Waals surface area contributed by atoms with Crippen LogP contribution in [-0.4, -0.2) is 85.7 Å². The van der Waals surface area contributed by atoms with Gasteiger partial charge in [0.15, 0.2) is 0 Å². The highest BCUT2D eigenvalue weighted by molar-refractivity contribution is 5.98. The Labute approximate surface area is 188 Å². The molecule has 1 fully saturated rings. The van der Waals surface area contributed by atoms with Gasteiger partial charge in [-0.3, -0.25) is 14.5 Å². The van der Waals surface area contributed by atoms with Crippen LogP contribution in [-0.2, 0) is 19.5 Å². The second kappa shape index (κ2) is 9.75. The van der Waals surface area contributed by atoms with Gasteiger partial charge in [-0.05, 0) is 13.1 Å². The molecule has 0 bridgehead atoms. The first-order valence-electron chi connectivity index (χ1n) is 11.1. The number of nitrogens with zero attached hydrogens (tertiary/aromatic N) is 4. The number of likely N-dealkylation sites (N-methyl/N-ethyl adjacent to an activating group) is 1. The molecule has 1 amide bonds. The fraction of sp³-hybridized carbons (Fsp3) is 0.500. The van der Waals surface area contributed by atoms with Gasteiger partial charge < -0.3 is 23.8 Å². The molecule has 0 spiro atoms. The zero-order chi connectivity index (χ0) is 22.7. The van der Waals surface area contributed by atoms with Gasteiger partial charge in [0.05, 0.1) is 14.2 Å². The summed E-state index contributed by atoms with van der Waals surface area (Å²) in [5, 5.41) is 0. The van der Waals surface area contributed by atoms with Crippen LogP contribution in [0, 0.1) is 0 Å². The number of amides is 1. The van der Waals surface area contributed by atoms with E-state index in [0.29, 0.717) is 37.4 Å². The molecule has 0 atom stereocenters. The molecule has 2 aliphatic rings. The molecule has 3 heterocycles. The molecule has 172 valence electrons. The zero-order valence-corrected chi connectivity index (χ0v) is 19.2. The normalized spacial score (nSPS) is 17.5. The number of rotatable bonds is 5. The van der Waals surface area contributed by atoms with Crippen LogP contribution >= 0.6 is 0 Å². The van der Waals surface area contributed by atoms with Gasteiger partial charge in [-0.1, -0.05) is 18.2 Å². The lowest BCUT2D eigenvalue weighted by atomic mass is 10.1. The first kappa shape index (κ1) is 22.4. The van der Waals surface area contributed by atoms with Crippen LogP contribution in [0.3, 0.4) is 0 Å². The molecular weight excluding hydrogens is 408 g/mol. The van der Waals surface area contributed by atoms with E-state index in [1.807, 2.05) is 23.1 Å². The van der Waals surface area contributed by atoms with Crippen molar-refractivity contribution >= 4 is 5.91 Å². The van der Waals surface area contributed by atoms with Gasteiger partial charge in [0.2, 0.25) is 0 Å². The van der Waals surface area contributed by atoms with Crippen molar-refractivity contribution in [2.45, 2.75) is 19.5 Å². The Morgan fingerprint density at radius 3 is 2.38 bits per heavy atom. The number of aromatic nitrogens is 1. The number of piperazine rings is 1. The van der Waals surface area contributed by atoms with E-state index in [9.17, 15) is 9.59 Å². The lowest BCUT2D eigenvalue weighted by Gasteiger charge is -2.33. The highest BCUT2D eigenvalue weighted by atomic mass is 16.5. The maximum atomic E-state index is 13.5. The third kappa shape index (κ3) is 4.52. The summed E-state index contributed by atoms with van der Waals surface area (Å²) in [5.74, 6) is 1.19. The van der Waals surface area contributed by atoms with Gasteiger partial charge in [0.1, 0.15) is 17.1 Å². The maximum Gasteiger partial charge on any atom is 0.259 e. The molecule has 0 radical (unpaired) electrons. The minimum atomic E-state index is -0.120. The molecule has 8 heteroatoms. The number of pyridine rings is 1. The summed E-state index contributed by atoms with van der Waals surface area (Å²) in [6, 6.07) is 9.45. The summed E-state index contributed by atoms with van der Waals surface area (Å²) in [5.41, 5.74) is 2.31. The number of ether oxygens (including phenoxy) is 2. The lowest BCUT2D eigenvalue weighted by molar-refractivity contribution is 0.0658. The van der Waals surface area contributed by atoms with Crippen molar-refractivity contribution in [2.75, 3.05) is 60.5 Å². The lowest BCUT2D eigenvalue weighted by Crippen LogP contribution is -2.47. The Hall–Kier alpha value is -2.84. The van der Waals surface area contributed by atoms with Crippen molar-refractivity contribution < 1.29 is 14.3 Å². The first-order valence-corrected chi connectivity index (χ1v) is 11.1. The van der Waals surface area contributed by atoms with Gasteiger partial charge in [0.25, 0.3) is 11.5 Å². The molecule has 1 aromatic carbocycles. The van der Waals surface area contributed by atoms with Gasteiger partial charge in [0, 0.05) is 76.1 Å². The van der Waals surface area contributed by atoms with Crippen molar-refractivity contribution in [1.29, 1.82) is 0 Å². The molecule has 0 N–H and O–H groups in total. The Balaban J connectivity index is 1.61. The first-order chi connectivity index (χ1) is 15.5. The van der Waals surface area contributed by atoms with Crippen LogP contribution < -0.4 is 15.0 Å². The summed E-state index contributed by atoms with van der Waals surface area (Å²) < 4.78 is 12.8. The number of carbonyl (C=O) groups is 1. The van der Waals surface area contributed by atoms with Gasteiger partial charge in [-0.2, -0.15) is 0 Å². The Bertz CT molecular complexity index is 1030. The largest absolute Gasteiger partial charge is 0.496 e. The minimum absolute atomic E-state index is 0.0446. The van der Waals surface area contributed by atoms with E-state index in [0.717, 1.165) is 49.7 Å². The summed E-state index contributed by atoms with van der Waals surface area (Å²) in [6.07, 6.45) is 0.608.